The zero-order chi connectivity index (χ0) is 11.8. The summed E-state index contributed by atoms with van der Waals surface area (Å²) in [5.74, 6) is 0. The van der Waals surface area contributed by atoms with E-state index in [1.807, 2.05) is 11.6 Å². The quantitative estimate of drug-likeness (QED) is 0.727. The average molecular weight is 250 g/mol. The van der Waals surface area contributed by atoms with Crippen molar-refractivity contribution < 1.29 is 10.2 Å². The topological polar surface area (TPSA) is 65.4 Å². The van der Waals surface area contributed by atoms with Crippen molar-refractivity contribution in [2.45, 2.75) is 24.7 Å². The molecule has 4 nitrogen and oxygen atoms in total. The molecule has 0 spiro atoms. The monoisotopic (exact) mass is 250 g/mol. The van der Waals surface area contributed by atoms with Gasteiger partial charge in [0.2, 0.25) is 0 Å². The van der Waals surface area contributed by atoms with Gasteiger partial charge in [-0.25, -0.2) is 4.98 Å². The summed E-state index contributed by atoms with van der Waals surface area (Å²) in [7, 11) is 0. The number of thiazole rings is 1. The number of hydrogen-bond donors (Lipinski definition) is 3. The van der Waals surface area contributed by atoms with Crippen LogP contribution in [-0.2, 0) is 6.42 Å². The predicted molar refractivity (Wildman–Crippen MR) is 67.1 cm³/mol. The van der Waals surface area contributed by atoms with Crippen LogP contribution in [0, 0.1) is 0 Å². The first-order valence-electron chi connectivity index (χ1n) is 5.66. The number of hydrogen-bond acceptors (Lipinski definition) is 5. The second kappa shape index (κ2) is 4.34. The molecule has 17 heavy (non-hydrogen) atoms. The highest BCUT2D eigenvalue weighted by Gasteiger charge is 2.32. The second-order valence-corrected chi connectivity index (χ2v) is 5.32. The molecule has 0 bridgehead atoms. The van der Waals surface area contributed by atoms with E-state index < -0.39 is 12.2 Å². The van der Waals surface area contributed by atoms with E-state index in [0.717, 1.165) is 11.1 Å². The molecule has 2 aromatic rings. The number of rotatable bonds is 2. The zero-order valence-electron chi connectivity index (χ0n) is 9.21. The van der Waals surface area contributed by atoms with Gasteiger partial charge >= 0.3 is 0 Å². The van der Waals surface area contributed by atoms with E-state index in [1.165, 1.54) is 4.70 Å². The van der Waals surface area contributed by atoms with Gasteiger partial charge in [0, 0.05) is 12.6 Å². The molecule has 1 aromatic carbocycles. The van der Waals surface area contributed by atoms with Gasteiger partial charge in [0.1, 0.15) is 0 Å². The fraction of sp³-hybridized carbons (Fsp3) is 0.417. The Morgan fingerprint density at radius 1 is 1.41 bits per heavy atom. The number of aliphatic hydroxyl groups excluding tert-OH is 2. The Bertz CT molecular complexity index is 528. The predicted octanol–water partition coefficient (Wildman–Crippen LogP) is 0.532. The first kappa shape index (κ1) is 11.1. The summed E-state index contributed by atoms with van der Waals surface area (Å²) >= 11 is 1.62. The smallest absolute Gasteiger partial charge is 0.0967 e. The van der Waals surface area contributed by atoms with Crippen LogP contribution in [0.4, 0.5) is 0 Å². The summed E-state index contributed by atoms with van der Waals surface area (Å²) in [5.41, 5.74) is 3.97. The van der Waals surface area contributed by atoms with E-state index in [-0.39, 0.29) is 6.04 Å². The molecule has 3 atom stereocenters. The normalized spacial score (nSPS) is 28.9. The summed E-state index contributed by atoms with van der Waals surface area (Å²) in [6.07, 6.45) is -0.616. The van der Waals surface area contributed by atoms with Crippen molar-refractivity contribution in [3.63, 3.8) is 0 Å². The number of nitrogens with one attached hydrogen (secondary N) is 1. The average Bonchev–Trinajstić information content (AvgIpc) is 2.90. The van der Waals surface area contributed by atoms with E-state index in [0.29, 0.717) is 13.0 Å². The third-order valence-electron chi connectivity index (χ3n) is 3.25. The van der Waals surface area contributed by atoms with Gasteiger partial charge in [0.05, 0.1) is 27.9 Å². The maximum absolute atomic E-state index is 9.77. The van der Waals surface area contributed by atoms with Gasteiger partial charge in [-0.15, -0.1) is 11.3 Å². The van der Waals surface area contributed by atoms with Gasteiger partial charge in [0.25, 0.3) is 0 Å². The van der Waals surface area contributed by atoms with Gasteiger partial charge in [-0.1, -0.05) is 6.07 Å². The lowest BCUT2D eigenvalue weighted by molar-refractivity contribution is 0.0408. The Morgan fingerprint density at radius 2 is 2.29 bits per heavy atom. The Balaban J connectivity index is 1.80. The summed E-state index contributed by atoms with van der Waals surface area (Å²) in [4.78, 5) is 4.27. The molecule has 1 aliphatic rings. The molecule has 0 unspecified atom stereocenters. The minimum absolute atomic E-state index is 0.0684. The van der Waals surface area contributed by atoms with Crippen LogP contribution >= 0.6 is 11.3 Å². The van der Waals surface area contributed by atoms with E-state index in [1.54, 1.807) is 11.3 Å². The van der Waals surface area contributed by atoms with Crippen molar-refractivity contribution in [2.24, 2.45) is 0 Å². The molecule has 1 aliphatic heterocycles. The summed E-state index contributed by atoms with van der Waals surface area (Å²) in [6, 6.07) is 6.09. The number of β-amino-alcohol motifs (C(OH)–C–C–N with tert-alkyl or cyclic N) is 1. The second-order valence-electron chi connectivity index (χ2n) is 4.43. The number of nitrogens with zero attached hydrogens (tertiary/aromatic N) is 1. The maximum Gasteiger partial charge on any atom is 0.0967 e. The van der Waals surface area contributed by atoms with Crippen LogP contribution in [0.2, 0.25) is 0 Å². The number of aromatic nitrogens is 1. The minimum Gasteiger partial charge on any atom is -0.389 e. The van der Waals surface area contributed by atoms with Crippen molar-refractivity contribution >= 4 is 21.6 Å². The first-order chi connectivity index (χ1) is 8.24. The molecule has 1 saturated heterocycles. The lowest BCUT2D eigenvalue weighted by atomic mass is 10.0. The van der Waals surface area contributed by atoms with E-state index in [2.05, 4.69) is 22.4 Å². The highest BCUT2D eigenvalue weighted by Crippen LogP contribution is 2.21. The summed E-state index contributed by atoms with van der Waals surface area (Å²) in [5, 5.41) is 22.4. The van der Waals surface area contributed by atoms with Gasteiger partial charge < -0.3 is 15.5 Å². The SMILES string of the molecule is O[C@@H]1[C@@H](O)CN[C@@H]1Cc1ccc2scnc2c1. The maximum atomic E-state index is 9.77. The van der Waals surface area contributed by atoms with Crippen LogP contribution in [0.1, 0.15) is 5.56 Å². The molecule has 0 saturated carbocycles. The number of benzene rings is 1. The minimum atomic E-state index is -0.680. The molecule has 2 heterocycles. The van der Waals surface area contributed by atoms with Crippen molar-refractivity contribution in [2.75, 3.05) is 6.54 Å². The molecule has 5 heteroatoms. The standard InChI is InChI=1S/C12H14N2O2S/c15-10-5-13-9(12(10)16)4-7-1-2-11-8(3-7)14-6-17-11/h1-3,6,9-10,12-13,15-16H,4-5H2/t9-,10+,12+/m1/s1. The van der Waals surface area contributed by atoms with Gasteiger partial charge in [-0.2, -0.15) is 0 Å². The van der Waals surface area contributed by atoms with Crippen LogP contribution < -0.4 is 5.32 Å². The molecular formula is C12H14N2O2S. The fourth-order valence-electron chi connectivity index (χ4n) is 2.26. The number of aliphatic hydroxyl groups is 2. The van der Waals surface area contributed by atoms with Crippen LogP contribution in [0.5, 0.6) is 0 Å². The van der Waals surface area contributed by atoms with Crippen molar-refractivity contribution in [3.8, 4) is 0 Å². The van der Waals surface area contributed by atoms with Gasteiger partial charge in [-0.3, -0.25) is 0 Å². The first-order valence-corrected chi connectivity index (χ1v) is 6.53. The molecule has 0 amide bonds. The van der Waals surface area contributed by atoms with Crippen LogP contribution in [0.15, 0.2) is 23.7 Å². The van der Waals surface area contributed by atoms with Crippen molar-refractivity contribution in [1.29, 1.82) is 0 Å². The van der Waals surface area contributed by atoms with E-state index >= 15 is 0 Å². The highest BCUT2D eigenvalue weighted by molar-refractivity contribution is 7.16. The molecule has 0 aliphatic carbocycles. The highest BCUT2D eigenvalue weighted by atomic mass is 32.1. The van der Waals surface area contributed by atoms with Crippen LogP contribution in [0.25, 0.3) is 10.2 Å². The van der Waals surface area contributed by atoms with E-state index in [4.69, 9.17) is 0 Å². The lowest BCUT2D eigenvalue weighted by Gasteiger charge is -2.15. The third-order valence-corrected chi connectivity index (χ3v) is 4.06. The fourth-order valence-corrected chi connectivity index (χ4v) is 2.92. The summed E-state index contributed by atoms with van der Waals surface area (Å²) < 4.78 is 1.17. The Hall–Kier alpha value is -1.01. The number of fused-ring (bicyclic) bond motifs is 1. The molecule has 1 fully saturated rings. The largest absolute Gasteiger partial charge is 0.389 e. The molecule has 1 aromatic heterocycles. The molecule has 3 rings (SSSR count). The zero-order valence-corrected chi connectivity index (χ0v) is 10.0. The van der Waals surface area contributed by atoms with Crippen LogP contribution in [-0.4, -0.2) is 40.0 Å². The third kappa shape index (κ3) is 2.07. The van der Waals surface area contributed by atoms with Gasteiger partial charge in [0.15, 0.2) is 0 Å². The molecular weight excluding hydrogens is 236 g/mol. The molecule has 90 valence electrons. The van der Waals surface area contributed by atoms with Crippen LogP contribution in [0.3, 0.4) is 0 Å². The molecule has 3 N–H and O–H groups in total. The van der Waals surface area contributed by atoms with Gasteiger partial charge in [-0.05, 0) is 24.1 Å². The Labute approximate surface area is 103 Å². The molecule has 0 radical (unpaired) electrons. The van der Waals surface area contributed by atoms with Crippen molar-refractivity contribution in [1.82, 2.24) is 10.3 Å². The Morgan fingerprint density at radius 3 is 3.06 bits per heavy atom. The van der Waals surface area contributed by atoms with Crippen molar-refractivity contribution in [3.05, 3.63) is 29.3 Å². The summed E-state index contributed by atoms with van der Waals surface area (Å²) in [6.45, 7) is 0.463. The Kier molecular flexibility index (Phi) is 2.84. The lowest BCUT2D eigenvalue weighted by Crippen LogP contribution is -2.34. The van der Waals surface area contributed by atoms with E-state index in [9.17, 15) is 10.2 Å².